The van der Waals surface area contributed by atoms with Gasteiger partial charge in [-0.2, -0.15) is 0 Å². The highest BCUT2D eigenvalue weighted by Crippen LogP contribution is 2.34. The first-order valence-corrected chi connectivity index (χ1v) is 9.17. The Labute approximate surface area is 156 Å². The van der Waals surface area contributed by atoms with Crippen LogP contribution in [-0.2, 0) is 5.41 Å². The molecule has 2 aromatic carbocycles. The van der Waals surface area contributed by atoms with Crippen LogP contribution in [0.15, 0.2) is 42.5 Å². The lowest BCUT2D eigenvalue weighted by Gasteiger charge is -2.21. The largest absolute Gasteiger partial charge is 0.495 e. The molecule has 3 aromatic rings. The molecular formula is C20H20ClNO2S. The number of hydrogen-bond acceptors (Lipinski definition) is 3. The Hall–Kier alpha value is -2.04. The van der Waals surface area contributed by atoms with E-state index in [1.54, 1.807) is 7.11 Å². The molecule has 1 N–H and O–H groups in total. The topological polar surface area (TPSA) is 38.3 Å². The SMILES string of the molecule is COc1ccc(C(C)(C)C)cc1NC(=O)c1cc2cccc(Cl)c2s1. The third kappa shape index (κ3) is 3.65. The number of rotatable bonds is 3. The molecule has 0 bridgehead atoms. The van der Waals surface area contributed by atoms with Crippen LogP contribution in [0.3, 0.4) is 0 Å². The highest BCUT2D eigenvalue weighted by atomic mass is 35.5. The number of ether oxygens (including phenoxy) is 1. The lowest BCUT2D eigenvalue weighted by atomic mass is 9.87. The van der Waals surface area contributed by atoms with E-state index in [1.807, 2.05) is 42.5 Å². The van der Waals surface area contributed by atoms with Crippen molar-refractivity contribution in [3.8, 4) is 5.75 Å². The smallest absolute Gasteiger partial charge is 0.265 e. The Kier molecular flexibility index (Phi) is 4.76. The first-order chi connectivity index (χ1) is 11.8. The zero-order valence-corrected chi connectivity index (χ0v) is 16.2. The maximum Gasteiger partial charge on any atom is 0.265 e. The van der Waals surface area contributed by atoms with Crippen LogP contribution in [0.5, 0.6) is 5.75 Å². The van der Waals surface area contributed by atoms with Gasteiger partial charge in [0, 0.05) is 0 Å². The first kappa shape index (κ1) is 17.8. The normalized spacial score (nSPS) is 11.6. The Morgan fingerprint density at radius 2 is 1.92 bits per heavy atom. The molecule has 0 atom stereocenters. The van der Waals surface area contributed by atoms with Crippen molar-refractivity contribution in [1.82, 2.24) is 0 Å². The average molecular weight is 374 g/mol. The number of halogens is 1. The molecule has 0 saturated carbocycles. The van der Waals surface area contributed by atoms with E-state index in [0.717, 1.165) is 15.6 Å². The quantitative estimate of drug-likeness (QED) is 0.601. The number of amides is 1. The van der Waals surface area contributed by atoms with Crippen molar-refractivity contribution in [2.45, 2.75) is 26.2 Å². The van der Waals surface area contributed by atoms with Crippen LogP contribution in [0.1, 0.15) is 36.0 Å². The van der Waals surface area contributed by atoms with Crippen molar-refractivity contribution in [2.75, 3.05) is 12.4 Å². The van der Waals surface area contributed by atoms with Crippen molar-refractivity contribution in [3.63, 3.8) is 0 Å². The lowest BCUT2D eigenvalue weighted by molar-refractivity contribution is 0.103. The Balaban J connectivity index is 1.95. The number of carbonyl (C=O) groups excluding carboxylic acids is 1. The van der Waals surface area contributed by atoms with E-state index in [1.165, 1.54) is 11.3 Å². The second-order valence-electron chi connectivity index (χ2n) is 6.89. The van der Waals surface area contributed by atoms with Gasteiger partial charge in [0.2, 0.25) is 0 Å². The van der Waals surface area contributed by atoms with Gasteiger partial charge < -0.3 is 10.1 Å². The Bertz CT molecular complexity index is 941. The van der Waals surface area contributed by atoms with Gasteiger partial charge in [0.15, 0.2) is 0 Å². The fourth-order valence-corrected chi connectivity index (χ4v) is 3.85. The summed E-state index contributed by atoms with van der Waals surface area (Å²) in [5.41, 5.74) is 1.78. The number of fused-ring (bicyclic) bond motifs is 1. The molecule has 25 heavy (non-hydrogen) atoms. The van der Waals surface area contributed by atoms with E-state index in [2.05, 4.69) is 26.1 Å². The van der Waals surface area contributed by atoms with Gasteiger partial charge in [-0.15, -0.1) is 11.3 Å². The van der Waals surface area contributed by atoms with Crippen molar-refractivity contribution >= 4 is 44.6 Å². The van der Waals surface area contributed by atoms with E-state index in [9.17, 15) is 4.79 Å². The van der Waals surface area contributed by atoms with Crippen LogP contribution >= 0.6 is 22.9 Å². The van der Waals surface area contributed by atoms with Gasteiger partial charge in [-0.05, 0) is 40.6 Å². The van der Waals surface area contributed by atoms with E-state index in [0.29, 0.717) is 21.3 Å². The zero-order chi connectivity index (χ0) is 18.2. The number of benzene rings is 2. The third-order valence-corrected chi connectivity index (χ3v) is 5.64. The molecule has 1 aromatic heterocycles. The highest BCUT2D eigenvalue weighted by Gasteiger charge is 2.18. The monoisotopic (exact) mass is 373 g/mol. The summed E-state index contributed by atoms with van der Waals surface area (Å²) in [4.78, 5) is 13.3. The van der Waals surface area contributed by atoms with Crippen LogP contribution in [0, 0.1) is 0 Å². The molecule has 0 radical (unpaired) electrons. The van der Waals surface area contributed by atoms with E-state index in [-0.39, 0.29) is 11.3 Å². The Morgan fingerprint density at radius 3 is 2.56 bits per heavy atom. The van der Waals surface area contributed by atoms with Crippen LogP contribution < -0.4 is 10.1 Å². The lowest BCUT2D eigenvalue weighted by Crippen LogP contribution is -2.14. The molecule has 1 heterocycles. The van der Waals surface area contributed by atoms with Crippen molar-refractivity contribution < 1.29 is 9.53 Å². The molecule has 0 unspecified atom stereocenters. The van der Waals surface area contributed by atoms with Crippen molar-refractivity contribution in [3.05, 3.63) is 57.9 Å². The van der Waals surface area contributed by atoms with Crippen molar-refractivity contribution in [2.24, 2.45) is 0 Å². The highest BCUT2D eigenvalue weighted by molar-refractivity contribution is 7.21. The van der Waals surface area contributed by atoms with Gasteiger partial charge in [-0.3, -0.25) is 4.79 Å². The molecule has 0 aliphatic carbocycles. The van der Waals surface area contributed by atoms with E-state index < -0.39 is 0 Å². The molecule has 0 spiro atoms. The fourth-order valence-electron chi connectivity index (χ4n) is 2.60. The minimum absolute atomic E-state index is 0.0170. The van der Waals surface area contributed by atoms with Gasteiger partial charge in [-0.25, -0.2) is 0 Å². The molecule has 0 aliphatic heterocycles. The predicted octanol–water partition coefficient (Wildman–Crippen LogP) is 6.11. The summed E-state index contributed by atoms with van der Waals surface area (Å²) in [6, 6.07) is 13.4. The minimum atomic E-state index is -0.165. The molecule has 130 valence electrons. The standard InChI is InChI=1S/C20H20ClNO2S/c1-20(2,3)13-8-9-16(24-4)15(11-13)22-19(23)17-10-12-6-5-7-14(21)18(12)25-17/h5-11H,1-4H3,(H,22,23). The van der Waals surface area contributed by atoms with Gasteiger partial charge in [0.1, 0.15) is 5.75 Å². The van der Waals surface area contributed by atoms with Gasteiger partial charge >= 0.3 is 0 Å². The number of nitrogens with one attached hydrogen (secondary N) is 1. The van der Waals surface area contributed by atoms with Gasteiger partial charge in [-0.1, -0.05) is 50.6 Å². The summed E-state index contributed by atoms with van der Waals surface area (Å²) in [5, 5.41) is 4.61. The summed E-state index contributed by atoms with van der Waals surface area (Å²) in [7, 11) is 1.60. The molecule has 3 nitrogen and oxygen atoms in total. The summed E-state index contributed by atoms with van der Waals surface area (Å²) in [6.45, 7) is 6.40. The number of methoxy groups -OCH3 is 1. The fraction of sp³-hybridized carbons (Fsp3) is 0.250. The van der Waals surface area contributed by atoms with Crippen molar-refractivity contribution in [1.29, 1.82) is 0 Å². The number of anilines is 1. The molecular weight excluding hydrogens is 354 g/mol. The van der Waals surface area contributed by atoms with Crippen LogP contribution in [0.4, 0.5) is 5.69 Å². The summed E-state index contributed by atoms with van der Waals surface area (Å²) < 4.78 is 6.32. The second kappa shape index (κ2) is 6.70. The number of hydrogen-bond donors (Lipinski definition) is 1. The average Bonchev–Trinajstić information content (AvgIpc) is 3.00. The summed E-state index contributed by atoms with van der Waals surface area (Å²) in [6.07, 6.45) is 0. The van der Waals surface area contributed by atoms with E-state index in [4.69, 9.17) is 16.3 Å². The second-order valence-corrected chi connectivity index (χ2v) is 8.35. The molecule has 0 fully saturated rings. The van der Waals surface area contributed by atoms with Crippen LogP contribution in [-0.4, -0.2) is 13.0 Å². The van der Waals surface area contributed by atoms with E-state index >= 15 is 0 Å². The number of thiophene rings is 1. The van der Waals surface area contributed by atoms with Gasteiger partial charge in [0.25, 0.3) is 5.91 Å². The van der Waals surface area contributed by atoms with Crippen LogP contribution in [0.2, 0.25) is 5.02 Å². The molecule has 5 heteroatoms. The summed E-state index contributed by atoms with van der Waals surface area (Å²) in [5.74, 6) is 0.474. The van der Waals surface area contributed by atoms with Crippen LogP contribution in [0.25, 0.3) is 10.1 Å². The maximum atomic E-state index is 12.7. The molecule has 0 saturated heterocycles. The third-order valence-electron chi connectivity index (χ3n) is 4.03. The first-order valence-electron chi connectivity index (χ1n) is 7.97. The number of carbonyl (C=O) groups is 1. The summed E-state index contributed by atoms with van der Waals surface area (Å²) >= 11 is 7.60. The predicted molar refractivity (Wildman–Crippen MR) is 106 cm³/mol. The minimum Gasteiger partial charge on any atom is -0.495 e. The zero-order valence-electron chi connectivity index (χ0n) is 14.6. The maximum absolute atomic E-state index is 12.7. The molecule has 0 aliphatic rings. The van der Waals surface area contributed by atoms with Gasteiger partial charge in [0.05, 0.1) is 27.4 Å². The molecule has 3 rings (SSSR count). The Morgan fingerprint density at radius 1 is 1.16 bits per heavy atom. The molecule has 1 amide bonds.